The lowest BCUT2D eigenvalue weighted by Crippen LogP contribution is -2.67. The summed E-state index contributed by atoms with van der Waals surface area (Å²) < 4.78 is 13.2. The summed E-state index contributed by atoms with van der Waals surface area (Å²) in [7, 11) is -4.88. The van der Waals surface area contributed by atoms with Crippen molar-refractivity contribution in [2.24, 2.45) is 0 Å². The van der Waals surface area contributed by atoms with E-state index in [-0.39, 0.29) is 0 Å². The molecule has 2 aromatic rings. The summed E-state index contributed by atoms with van der Waals surface area (Å²) in [6.07, 6.45) is 0. The molecular formula is C16H24O2Si3. The fourth-order valence-corrected chi connectivity index (χ4v) is 12.1. The second kappa shape index (κ2) is 6.85. The molecule has 0 aromatic heterocycles. The van der Waals surface area contributed by atoms with E-state index in [1.54, 1.807) is 0 Å². The van der Waals surface area contributed by atoms with Crippen LogP contribution in [0.15, 0.2) is 60.7 Å². The van der Waals surface area contributed by atoms with Crippen LogP contribution in [0.5, 0.6) is 0 Å². The first-order valence-electron chi connectivity index (χ1n) is 7.43. The van der Waals surface area contributed by atoms with Crippen LogP contribution in [0.4, 0.5) is 0 Å². The average molecular weight is 333 g/mol. The molecule has 112 valence electrons. The lowest BCUT2D eigenvalue weighted by atomic mass is 10.4. The molecule has 0 amide bonds. The van der Waals surface area contributed by atoms with Gasteiger partial charge in [-0.15, -0.1) is 0 Å². The van der Waals surface area contributed by atoms with Gasteiger partial charge in [-0.25, -0.2) is 0 Å². The highest BCUT2D eigenvalue weighted by molar-refractivity contribution is 6.99. The van der Waals surface area contributed by atoms with Gasteiger partial charge in [0.15, 0.2) is 8.32 Å². The number of hydrogen-bond acceptors (Lipinski definition) is 2. The average Bonchev–Trinajstić information content (AvgIpc) is 2.47. The SMILES string of the molecule is C[SiH2]O[Si](O[Si](C)(C)C)(c1ccccc1)c1ccccc1. The van der Waals surface area contributed by atoms with E-state index in [9.17, 15) is 0 Å². The Hall–Kier alpha value is -0.989. The van der Waals surface area contributed by atoms with Gasteiger partial charge in [-0.05, 0) is 30.0 Å². The van der Waals surface area contributed by atoms with Gasteiger partial charge >= 0.3 is 8.56 Å². The quantitative estimate of drug-likeness (QED) is 0.755. The third kappa shape index (κ3) is 4.02. The van der Waals surface area contributed by atoms with Crippen LogP contribution < -0.4 is 10.4 Å². The number of rotatable bonds is 6. The molecule has 21 heavy (non-hydrogen) atoms. The van der Waals surface area contributed by atoms with E-state index in [2.05, 4.69) is 74.7 Å². The van der Waals surface area contributed by atoms with Gasteiger partial charge in [0.1, 0.15) is 9.76 Å². The van der Waals surface area contributed by atoms with Crippen molar-refractivity contribution in [3.8, 4) is 0 Å². The van der Waals surface area contributed by atoms with Gasteiger partial charge in [-0.3, -0.25) is 0 Å². The Labute approximate surface area is 132 Å². The number of benzene rings is 2. The Kier molecular flexibility index (Phi) is 5.34. The predicted molar refractivity (Wildman–Crippen MR) is 97.8 cm³/mol. The maximum atomic E-state index is 6.73. The van der Waals surface area contributed by atoms with Gasteiger partial charge in [-0.2, -0.15) is 0 Å². The van der Waals surface area contributed by atoms with E-state index in [1.165, 1.54) is 10.4 Å². The minimum absolute atomic E-state index is 0.588. The van der Waals surface area contributed by atoms with E-state index in [0.29, 0.717) is 0 Å². The summed E-state index contributed by atoms with van der Waals surface area (Å²) in [6, 6.07) is 21.0. The first kappa shape index (κ1) is 16.4. The monoisotopic (exact) mass is 332 g/mol. The van der Waals surface area contributed by atoms with Crippen LogP contribution in [0.3, 0.4) is 0 Å². The van der Waals surface area contributed by atoms with Gasteiger partial charge in [0.25, 0.3) is 0 Å². The largest absolute Gasteiger partial charge is 0.436 e. The van der Waals surface area contributed by atoms with Gasteiger partial charge in [0, 0.05) is 0 Å². The summed E-state index contributed by atoms with van der Waals surface area (Å²) >= 11 is 0. The molecule has 0 fully saturated rings. The molecule has 0 heterocycles. The van der Waals surface area contributed by atoms with E-state index >= 15 is 0 Å². The van der Waals surface area contributed by atoms with Crippen LogP contribution in [0.1, 0.15) is 0 Å². The molecular weight excluding hydrogens is 308 g/mol. The molecule has 0 bridgehead atoms. The molecule has 0 aliphatic carbocycles. The van der Waals surface area contributed by atoms with Crippen LogP contribution in [-0.4, -0.2) is 26.6 Å². The summed E-state index contributed by atoms with van der Waals surface area (Å²) in [5.41, 5.74) is 0. The molecule has 0 unspecified atom stereocenters. The Morgan fingerprint density at radius 3 is 1.52 bits per heavy atom. The van der Waals surface area contributed by atoms with Gasteiger partial charge < -0.3 is 8.23 Å². The molecule has 0 N–H and O–H groups in total. The lowest BCUT2D eigenvalue weighted by Gasteiger charge is -2.37. The molecule has 0 aliphatic heterocycles. The Bertz CT molecular complexity index is 513. The summed E-state index contributed by atoms with van der Waals surface area (Å²) in [5.74, 6) is 0. The van der Waals surface area contributed by atoms with Crippen LogP contribution >= 0.6 is 0 Å². The van der Waals surface area contributed by atoms with E-state index in [0.717, 1.165) is 0 Å². The highest BCUT2D eigenvalue weighted by atomic mass is 28.5. The lowest BCUT2D eigenvalue weighted by molar-refractivity contribution is 0.431. The van der Waals surface area contributed by atoms with Crippen LogP contribution in [0.25, 0.3) is 0 Å². The fourth-order valence-electron chi connectivity index (χ4n) is 2.43. The molecule has 2 aromatic carbocycles. The molecule has 0 spiro atoms. The van der Waals surface area contributed by atoms with E-state index in [4.69, 9.17) is 8.23 Å². The van der Waals surface area contributed by atoms with E-state index < -0.39 is 26.6 Å². The summed E-state index contributed by atoms with van der Waals surface area (Å²) in [4.78, 5) is 0. The van der Waals surface area contributed by atoms with Crippen molar-refractivity contribution < 1.29 is 8.23 Å². The van der Waals surface area contributed by atoms with Crippen molar-refractivity contribution in [1.82, 2.24) is 0 Å². The molecule has 0 aliphatic rings. The number of hydrogen-bond donors (Lipinski definition) is 0. The van der Waals surface area contributed by atoms with Crippen molar-refractivity contribution in [2.75, 3.05) is 0 Å². The smallest absolute Gasteiger partial charge is 0.386 e. The highest BCUT2D eigenvalue weighted by Crippen LogP contribution is 2.16. The Balaban J connectivity index is 2.60. The summed E-state index contributed by atoms with van der Waals surface area (Å²) in [6.45, 7) is 8.89. The van der Waals surface area contributed by atoms with Gasteiger partial charge in [0.05, 0.1) is 0 Å². The zero-order chi connectivity index (χ0) is 15.3. The maximum absolute atomic E-state index is 6.73. The zero-order valence-electron chi connectivity index (χ0n) is 13.3. The minimum Gasteiger partial charge on any atom is -0.436 e. The van der Waals surface area contributed by atoms with Crippen molar-refractivity contribution in [2.45, 2.75) is 26.2 Å². The van der Waals surface area contributed by atoms with Crippen LogP contribution in [-0.2, 0) is 8.23 Å². The van der Waals surface area contributed by atoms with Crippen molar-refractivity contribution in [1.29, 1.82) is 0 Å². The van der Waals surface area contributed by atoms with Crippen LogP contribution in [0.2, 0.25) is 26.2 Å². The first-order valence-corrected chi connectivity index (χ1v) is 14.6. The van der Waals surface area contributed by atoms with Crippen molar-refractivity contribution in [3.63, 3.8) is 0 Å². The Morgan fingerprint density at radius 1 is 0.762 bits per heavy atom. The first-order chi connectivity index (χ1) is 9.98. The zero-order valence-corrected chi connectivity index (χ0v) is 16.7. The molecule has 0 atom stereocenters. The molecule has 0 saturated carbocycles. The Morgan fingerprint density at radius 2 is 1.19 bits per heavy atom. The fraction of sp³-hybridized carbons (Fsp3) is 0.250. The normalized spacial score (nSPS) is 13.0. The minimum atomic E-state index is -2.56. The third-order valence-electron chi connectivity index (χ3n) is 3.11. The van der Waals surface area contributed by atoms with Gasteiger partial charge in [0.2, 0.25) is 0 Å². The molecule has 2 rings (SSSR count). The topological polar surface area (TPSA) is 18.5 Å². The molecule has 2 nitrogen and oxygen atoms in total. The molecule has 5 heteroatoms. The van der Waals surface area contributed by atoms with Crippen molar-refractivity contribution in [3.05, 3.63) is 60.7 Å². The van der Waals surface area contributed by atoms with E-state index in [1.807, 2.05) is 12.1 Å². The van der Waals surface area contributed by atoms with Crippen molar-refractivity contribution >= 4 is 37.0 Å². The predicted octanol–water partition coefficient (Wildman–Crippen LogP) is 2.24. The molecule has 0 radical (unpaired) electrons. The van der Waals surface area contributed by atoms with Crippen LogP contribution in [0, 0.1) is 0 Å². The third-order valence-corrected chi connectivity index (χ3v) is 11.7. The molecule has 0 saturated heterocycles. The van der Waals surface area contributed by atoms with Gasteiger partial charge in [-0.1, -0.05) is 67.2 Å². The second-order valence-corrected chi connectivity index (χ2v) is 15.2. The maximum Gasteiger partial charge on any atom is 0.386 e. The highest BCUT2D eigenvalue weighted by Gasteiger charge is 2.44. The summed E-state index contributed by atoms with van der Waals surface area (Å²) in [5, 5.41) is 2.43. The standard InChI is InChI=1S/C16H24O2Si3/c1-19-17-21(18-20(2,3)4,15-11-7-5-8-12-15)16-13-9-6-10-14-16/h5-14H,19H2,1-4H3. The second-order valence-electron chi connectivity index (χ2n) is 6.00.